The Labute approximate surface area is 213 Å². The van der Waals surface area contributed by atoms with Crippen LogP contribution < -0.4 is 4.90 Å². The summed E-state index contributed by atoms with van der Waals surface area (Å²) >= 11 is 1.69. The highest BCUT2D eigenvalue weighted by molar-refractivity contribution is 7.19. The van der Waals surface area contributed by atoms with Crippen LogP contribution in [0.3, 0.4) is 0 Å². The monoisotopic (exact) mass is 485 g/mol. The van der Waals surface area contributed by atoms with Gasteiger partial charge < -0.3 is 4.90 Å². The molecule has 1 saturated heterocycles. The number of hydrogen-bond donors (Lipinski definition) is 0. The van der Waals surface area contributed by atoms with Crippen LogP contribution in [0.5, 0.6) is 0 Å². The number of nitrogens with zero attached hydrogens (tertiary/aromatic N) is 3. The molecule has 1 spiro atoms. The minimum Gasteiger partial charge on any atom is -0.317 e. The fourth-order valence-electron chi connectivity index (χ4n) is 6.55. The van der Waals surface area contributed by atoms with Crippen LogP contribution in [0, 0.1) is 5.92 Å². The number of rotatable bonds is 6. The van der Waals surface area contributed by atoms with Gasteiger partial charge in [-0.1, -0.05) is 49.7 Å². The first-order chi connectivity index (χ1) is 17.1. The fraction of sp³-hybridized carbons (Fsp3) is 0.467. The molecule has 0 radical (unpaired) electrons. The maximum Gasteiger partial charge on any atom is 0.325 e. The topological polar surface area (TPSA) is 36.4 Å². The molecule has 2 aromatic heterocycles. The van der Waals surface area contributed by atoms with Crippen LogP contribution in [0.1, 0.15) is 63.9 Å². The highest BCUT2D eigenvalue weighted by atomic mass is 32.1. The van der Waals surface area contributed by atoms with E-state index in [0.717, 1.165) is 60.8 Å². The SMILES string of the molecule is CCC1(c2ccccc2)CCC2(CC1)CN(c1ccc(-c3ccccn3)s1)C(=O)N2CC1CCC1. The molecule has 35 heavy (non-hydrogen) atoms. The van der Waals surface area contributed by atoms with Crippen LogP contribution in [0.15, 0.2) is 66.9 Å². The standard InChI is InChI=1S/C30H35N3OS/c1-2-29(24-11-4-3-5-12-24)16-18-30(19-17-29)22-32(28(34)33(30)21-23-9-8-10-23)27-15-14-26(35-27)25-13-6-7-20-31-25/h3-7,11-15,20,23H,2,8-10,16-19,21-22H2,1H3. The predicted octanol–water partition coefficient (Wildman–Crippen LogP) is 7.51. The first kappa shape index (κ1) is 22.8. The number of urea groups is 1. The Bertz CT molecular complexity index is 1160. The van der Waals surface area contributed by atoms with Gasteiger partial charge in [0.15, 0.2) is 0 Å². The molecule has 2 aliphatic carbocycles. The van der Waals surface area contributed by atoms with E-state index in [-0.39, 0.29) is 17.0 Å². The maximum atomic E-state index is 13.9. The molecule has 3 fully saturated rings. The van der Waals surface area contributed by atoms with Crippen molar-refractivity contribution in [2.45, 2.75) is 69.2 Å². The predicted molar refractivity (Wildman–Crippen MR) is 144 cm³/mol. The van der Waals surface area contributed by atoms with Crippen LogP contribution in [0.2, 0.25) is 0 Å². The van der Waals surface area contributed by atoms with E-state index in [1.54, 1.807) is 11.3 Å². The minimum atomic E-state index is -0.0464. The van der Waals surface area contributed by atoms with E-state index in [1.807, 2.05) is 24.4 Å². The number of carbonyl (C=O) groups excluding carboxylic acids is 1. The number of benzene rings is 1. The van der Waals surface area contributed by atoms with Crippen molar-refractivity contribution in [3.8, 4) is 10.6 Å². The van der Waals surface area contributed by atoms with E-state index in [9.17, 15) is 4.79 Å². The largest absolute Gasteiger partial charge is 0.325 e. The summed E-state index contributed by atoms with van der Waals surface area (Å²) in [6, 6.07) is 21.6. The van der Waals surface area contributed by atoms with Crippen molar-refractivity contribution in [3.05, 3.63) is 72.4 Å². The smallest absolute Gasteiger partial charge is 0.317 e. The van der Waals surface area contributed by atoms with Gasteiger partial charge in [0.2, 0.25) is 0 Å². The lowest BCUT2D eigenvalue weighted by molar-refractivity contribution is 0.0648. The summed E-state index contributed by atoms with van der Waals surface area (Å²) in [4.78, 5) is 24.0. The molecule has 3 aliphatic rings. The van der Waals surface area contributed by atoms with E-state index in [2.05, 4.69) is 64.2 Å². The number of anilines is 1. The van der Waals surface area contributed by atoms with Crippen molar-refractivity contribution >= 4 is 22.4 Å². The molecule has 0 bridgehead atoms. The molecule has 1 aliphatic heterocycles. The van der Waals surface area contributed by atoms with Gasteiger partial charge in [-0.2, -0.15) is 0 Å². The molecule has 3 heterocycles. The molecule has 4 nitrogen and oxygen atoms in total. The molecule has 3 aromatic rings. The number of aromatic nitrogens is 1. The van der Waals surface area contributed by atoms with Gasteiger partial charge in [0.25, 0.3) is 0 Å². The van der Waals surface area contributed by atoms with Crippen molar-refractivity contribution in [2.75, 3.05) is 18.0 Å². The third-order valence-electron chi connectivity index (χ3n) is 9.13. The Morgan fingerprint density at radius 3 is 2.40 bits per heavy atom. The Morgan fingerprint density at radius 1 is 0.971 bits per heavy atom. The summed E-state index contributed by atoms with van der Waals surface area (Å²) in [5.74, 6) is 0.676. The van der Waals surface area contributed by atoms with E-state index in [0.29, 0.717) is 5.92 Å². The number of thiophene rings is 1. The van der Waals surface area contributed by atoms with Gasteiger partial charge >= 0.3 is 6.03 Å². The molecule has 0 unspecified atom stereocenters. The number of carbonyl (C=O) groups is 1. The summed E-state index contributed by atoms with van der Waals surface area (Å²) in [5, 5.41) is 1.06. The normalized spacial score (nSPS) is 26.9. The number of amides is 2. The zero-order valence-corrected chi connectivity index (χ0v) is 21.5. The van der Waals surface area contributed by atoms with Crippen molar-refractivity contribution < 1.29 is 4.79 Å². The zero-order valence-electron chi connectivity index (χ0n) is 20.7. The summed E-state index contributed by atoms with van der Waals surface area (Å²) < 4.78 is 0. The third kappa shape index (κ3) is 3.98. The highest BCUT2D eigenvalue weighted by Gasteiger charge is 2.54. The van der Waals surface area contributed by atoms with Gasteiger partial charge in [0.05, 0.1) is 27.7 Å². The van der Waals surface area contributed by atoms with E-state index < -0.39 is 0 Å². The van der Waals surface area contributed by atoms with Gasteiger partial charge in [0.1, 0.15) is 0 Å². The van der Waals surface area contributed by atoms with E-state index in [1.165, 1.54) is 24.8 Å². The zero-order chi connectivity index (χ0) is 23.9. The van der Waals surface area contributed by atoms with Gasteiger partial charge in [-0.05, 0) is 86.1 Å². The van der Waals surface area contributed by atoms with Gasteiger partial charge in [0, 0.05) is 12.7 Å². The lowest BCUT2D eigenvalue weighted by Crippen LogP contribution is -2.53. The summed E-state index contributed by atoms with van der Waals surface area (Å²) in [5.41, 5.74) is 2.64. The first-order valence-corrected chi connectivity index (χ1v) is 14.1. The molecule has 2 saturated carbocycles. The summed E-state index contributed by atoms with van der Waals surface area (Å²) in [6.07, 6.45) is 11.3. The first-order valence-electron chi connectivity index (χ1n) is 13.3. The van der Waals surface area contributed by atoms with Crippen LogP contribution in [0.25, 0.3) is 10.6 Å². The Morgan fingerprint density at radius 2 is 1.74 bits per heavy atom. The van der Waals surface area contributed by atoms with E-state index in [4.69, 9.17) is 0 Å². The second-order valence-corrected chi connectivity index (χ2v) is 11.9. The number of pyridine rings is 1. The minimum absolute atomic E-state index is 0.0464. The van der Waals surface area contributed by atoms with Gasteiger partial charge in [-0.3, -0.25) is 9.88 Å². The summed E-state index contributed by atoms with van der Waals surface area (Å²) in [6.45, 7) is 4.08. The van der Waals surface area contributed by atoms with Crippen LogP contribution in [-0.4, -0.2) is 34.5 Å². The van der Waals surface area contributed by atoms with Gasteiger partial charge in [-0.25, -0.2) is 4.79 Å². The second kappa shape index (κ2) is 9.09. The molecular formula is C30H35N3OS. The number of hydrogen-bond acceptors (Lipinski definition) is 3. The van der Waals surface area contributed by atoms with Crippen molar-refractivity contribution in [3.63, 3.8) is 0 Å². The van der Waals surface area contributed by atoms with E-state index >= 15 is 0 Å². The van der Waals surface area contributed by atoms with Gasteiger partial charge in [-0.15, -0.1) is 11.3 Å². The third-order valence-corrected chi connectivity index (χ3v) is 10.3. The lowest BCUT2D eigenvalue weighted by Gasteiger charge is -2.49. The van der Waals surface area contributed by atoms with Crippen LogP contribution in [-0.2, 0) is 5.41 Å². The maximum absolute atomic E-state index is 13.9. The lowest BCUT2D eigenvalue weighted by atomic mass is 9.62. The Hall–Kier alpha value is -2.66. The molecule has 0 N–H and O–H groups in total. The molecule has 2 amide bonds. The Balaban J connectivity index is 1.28. The molecule has 182 valence electrons. The molecule has 6 rings (SSSR count). The molecule has 0 atom stereocenters. The summed E-state index contributed by atoms with van der Waals surface area (Å²) in [7, 11) is 0. The molecule has 1 aromatic carbocycles. The van der Waals surface area contributed by atoms with Crippen LogP contribution >= 0.6 is 11.3 Å². The van der Waals surface area contributed by atoms with Crippen molar-refractivity contribution in [1.82, 2.24) is 9.88 Å². The highest BCUT2D eigenvalue weighted by Crippen LogP contribution is 2.51. The molecular weight excluding hydrogens is 450 g/mol. The van der Waals surface area contributed by atoms with Crippen LogP contribution in [0.4, 0.5) is 9.80 Å². The average molecular weight is 486 g/mol. The quantitative estimate of drug-likeness (QED) is 0.362. The average Bonchev–Trinajstić information content (AvgIpc) is 3.47. The second-order valence-electron chi connectivity index (χ2n) is 10.9. The van der Waals surface area contributed by atoms with Crippen molar-refractivity contribution in [2.24, 2.45) is 5.92 Å². The molecule has 5 heteroatoms. The fourth-order valence-corrected chi connectivity index (χ4v) is 7.53. The Kier molecular flexibility index (Phi) is 5.92. The van der Waals surface area contributed by atoms with Crippen molar-refractivity contribution in [1.29, 1.82) is 0 Å².